The molecule has 4 nitrogen and oxygen atoms in total. The number of ether oxygens (including phenoxy) is 2. The van der Waals surface area contributed by atoms with Crippen molar-refractivity contribution < 1.29 is 14.3 Å². The van der Waals surface area contributed by atoms with E-state index in [-0.39, 0.29) is 0 Å². The topological polar surface area (TPSA) is 61.6 Å². The zero-order chi connectivity index (χ0) is 17.5. The number of hydrogen-bond acceptors (Lipinski definition) is 4. The SMILES string of the molecule is Nc1cc(OCc2ccccc2)c(OCc2ccccc2)cc1C=O. The first-order valence-electron chi connectivity index (χ1n) is 7.98. The molecule has 3 aromatic carbocycles. The third-order valence-corrected chi connectivity index (χ3v) is 3.75. The van der Waals surface area contributed by atoms with Gasteiger partial charge in [-0.1, -0.05) is 60.7 Å². The number of aldehydes is 1. The third-order valence-electron chi connectivity index (χ3n) is 3.75. The lowest BCUT2D eigenvalue weighted by Gasteiger charge is -2.15. The van der Waals surface area contributed by atoms with E-state index in [1.165, 1.54) is 0 Å². The van der Waals surface area contributed by atoms with Gasteiger partial charge in [-0.05, 0) is 17.2 Å². The maximum absolute atomic E-state index is 11.2. The van der Waals surface area contributed by atoms with Gasteiger partial charge < -0.3 is 15.2 Å². The summed E-state index contributed by atoms with van der Waals surface area (Å²) in [6.45, 7) is 0.771. The largest absolute Gasteiger partial charge is 0.485 e. The Hall–Kier alpha value is -3.27. The summed E-state index contributed by atoms with van der Waals surface area (Å²) in [4.78, 5) is 11.2. The van der Waals surface area contributed by atoms with E-state index in [9.17, 15) is 4.79 Å². The highest BCUT2D eigenvalue weighted by molar-refractivity contribution is 5.85. The summed E-state index contributed by atoms with van der Waals surface area (Å²) in [7, 11) is 0. The van der Waals surface area contributed by atoms with E-state index in [1.54, 1.807) is 12.1 Å². The Balaban J connectivity index is 1.79. The Morgan fingerprint density at radius 3 is 1.72 bits per heavy atom. The monoisotopic (exact) mass is 333 g/mol. The maximum Gasteiger partial charge on any atom is 0.163 e. The summed E-state index contributed by atoms with van der Waals surface area (Å²) < 4.78 is 11.7. The van der Waals surface area contributed by atoms with Crippen LogP contribution in [0.4, 0.5) is 5.69 Å². The maximum atomic E-state index is 11.2. The number of anilines is 1. The molecule has 126 valence electrons. The third kappa shape index (κ3) is 4.38. The zero-order valence-corrected chi connectivity index (χ0v) is 13.7. The van der Waals surface area contributed by atoms with Gasteiger partial charge in [0.1, 0.15) is 13.2 Å². The standard InChI is InChI=1S/C21H19NO3/c22-19-12-21(25-15-17-9-5-2-6-10-17)20(11-18(19)13-23)24-14-16-7-3-1-4-8-16/h1-13H,14-15,22H2. The van der Waals surface area contributed by atoms with E-state index in [4.69, 9.17) is 15.2 Å². The van der Waals surface area contributed by atoms with Crippen molar-refractivity contribution in [2.45, 2.75) is 13.2 Å². The molecule has 0 aliphatic carbocycles. The lowest BCUT2D eigenvalue weighted by atomic mass is 10.1. The smallest absolute Gasteiger partial charge is 0.163 e. The van der Waals surface area contributed by atoms with Crippen molar-refractivity contribution in [2.24, 2.45) is 0 Å². The molecule has 25 heavy (non-hydrogen) atoms. The molecule has 0 saturated carbocycles. The molecule has 0 unspecified atom stereocenters. The van der Waals surface area contributed by atoms with E-state index < -0.39 is 0 Å². The van der Waals surface area contributed by atoms with Gasteiger partial charge in [0, 0.05) is 17.3 Å². The Bertz CT molecular complexity index is 833. The minimum atomic E-state index is 0.366. The van der Waals surface area contributed by atoms with E-state index >= 15 is 0 Å². The van der Waals surface area contributed by atoms with Gasteiger partial charge in [-0.3, -0.25) is 4.79 Å². The molecule has 3 aromatic rings. The van der Waals surface area contributed by atoms with Crippen LogP contribution in [0.3, 0.4) is 0 Å². The van der Waals surface area contributed by atoms with Gasteiger partial charge >= 0.3 is 0 Å². The van der Waals surface area contributed by atoms with E-state index in [1.807, 2.05) is 60.7 Å². The van der Waals surface area contributed by atoms with Gasteiger partial charge in [0.05, 0.1) is 0 Å². The number of carbonyl (C=O) groups excluding carboxylic acids is 1. The van der Waals surface area contributed by atoms with Crippen LogP contribution in [-0.4, -0.2) is 6.29 Å². The molecule has 3 rings (SSSR count). The average Bonchev–Trinajstić information content (AvgIpc) is 2.67. The number of benzene rings is 3. The van der Waals surface area contributed by atoms with Crippen molar-refractivity contribution in [2.75, 3.05) is 5.73 Å². The summed E-state index contributed by atoms with van der Waals surface area (Å²) in [6, 6.07) is 22.9. The fraction of sp³-hybridized carbons (Fsp3) is 0.0952. The van der Waals surface area contributed by atoms with Crippen LogP contribution in [0.15, 0.2) is 72.8 Å². The second kappa shape index (κ2) is 8.02. The van der Waals surface area contributed by atoms with Crippen LogP contribution in [0.2, 0.25) is 0 Å². The second-order valence-electron chi connectivity index (χ2n) is 5.59. The molecule has 0 radical (unpaired) electrons. The minimum absolute atomic E-state index is 0.366. The van der Waals surface area contributed by atoms with Gasteiger partial charge in [-0.25, -0.2) is 0 Å². The average molecular weight is 333 g/mol. The number of nitrogens with two attached hydrogens (primary N) is 1. The molecule has 0 saturated heterocycles. The van der Waals surface area contributed by atoms with Crippen molar-refractivity contribution >= 4 is 12.0 Å². The summed E-state index contributed by atoms with van der Waals surface area (Å²) in [6.07, 6.45) is 0.714. The molecule has 0 fully saturated rings. The predicted octanol–water partition coefficient (Wildman–Crippen LogP) is 4.24. The predicted molar refractivity (Wildman–Crippen MR) is 97.8 cm³/mol. The molecule has 0 bridgehead atoms. The summed E-state index contributed by atoms with van der Waals surface area (Å²) in [5.41, 5.74) is 8.73. The van der Waals surface area contributed by atoms with E-state index in [2.05, 4.69) is 0 Å². The van der Waals surface area contributed by atoms with E-state index in [0.717, 1.165) is 11.1 Å². The Labute approximate surface area is 146 Å². The van der Waals surface area contributed by atoms with Crippen molar-refractivity contribution in [3.63, 3.8) is 0 Å². The van der Waals surface area contributed by atoms with Gasteiger partial charge in [-0.2, -0.15) is 0 Å². The number of rotatable bonds is 7. The molecular formula is C21H19NO3. The summed E-state index contributed by atoms with van der Waals surface area (Å²) in [5, 5.41) is 0. The van der Waals surface area contributed by atoms with Crippen LogP contribution in [0.1, 0.15) is 21.5 Å². The molecule has 0 amide bonds. The summed E-state index contributed by atoms with van der Waals surface area (Å²) >= 11 is 0. The Kier molecular flexibility index (Phi) is 5.32. The fourth-order valence-electron chi connectivity index (χ4n) is 2.39. The summed E-state index contributed by atoms with van der Waals surface area (Å²) in [5.74, 6) is 1.01. The zero-order valence-electron chi connectivity index (χ0n) is 13.7. The molecule has 4 heteroatoms. The highest BCUT2D eigenvalue weighted by atomic mass is 16.5. The Morgan fingerprint density at radius 2 is 1.24 bits per heavy atom. The van der Waals surface area contributed by atoms with Crippen molar-refractivity contribution in [3.8, 4) is 11.5 Å². The van der Waals surface area contributed by atoms with Crippen LogP contribution in [0.25, 0.3) is 0 Å². The van der Waals surface area contributed by atoms with Crippen LogP contribution in [0.5, 0.6) is 11.5 Å². The molecule has 2 N–H and O–H groups in total. The highest BCUT2D eigenvalue weighted by Crippen LogP contribution is 2.33. The van der Waals surface area contributed by atoms with E-state index in [0.29, 0.717) is 42.2 Å². The van der Waals surface area contributed by atoms with Gasteiger partial charge in [0.25, 0.3) is 0 Å². The molecule has 0 aliphatic heterocycles. The normalized spacial score (nSPS) is 10.2. The lowest BCUT2D eigenvalue weighted by molar-refractivity contribution is 0.112. The van der Waals surface area contributed by atoms with Crippen LogP contribution in [-0.2, 0) is 13.2 Å². The first kappa shape index (κ1) is 16.6. The Morgan fingerprint density at radius 1 is 0.760 bits per heavy atom. The van der Waals surface area contributed by atoms with Crippen LogP contribution < -0.4 is 15.2 Å². The molecule has 0 heterocycles. The number of nitrogen functional groups attached to an aromatic ring is 1. The first-order valence-corrected chi connectivity index (χ1v) is 7.98. The highest BCUT2D eigenvalue weighted by Gasteiger charge is 2.11. The molecule has 0 atom stereocenters. The minimum Gasteiger partial charge on any atom is -0.485 e. The van der Waals surface area contributed by atoms with Gasteiger partial charge in [0.15, 0.2) is 17.8 Å². The lowest BCUT2D eigenvalue weighted by Crippen LogP contribution is -2.03. The quantitative estimate of drug-likeness (QED) is 0.519. The number of hydrogen-bond donors (Lipinski definition) is 1. The van der Waals surface area contributed by atoms with Crippen LogP contribution in [0, 0.1) is 0 Å². The fourth-order valence-corrected chi connectivity index (χ4v) is 2.39. The van der Waals surface area contributed by atoms with Crippen LogP contribution >= 0.6 is 0 Å². The molecule has 0 spiro atoms. The van der Waals surface area contributed by atoms with Crippen molar-refractivity contribution in [1.82, 2.24) is 0 Å². The first-order chi connectivity index (χ1) is 12.3. The van der Waals surface area contributed by atoms with Crippen molar-refractivity contribution in [3.05, 3.63) is 89.5 Å². The molecule has 0 aliphatic rings. The molecular weight excluding hydrogens is 314 g/mol. The van der Waals surface area contributed by atoms with Crippen molar-refractivity contribution in [1.29, 1.82) is 0 Å². The van der Waals surface area contributed by atoms with Gasteiger partial charge in [-0.15, -0.1) is 0 Å². The second-order valence-corrected chi connectivity index (χ2v) is 5.59. The molecule has 0 aromatic heterocycles. The number of carbonyl (C=O) groups is 1. The van der Waals surface area contributed by atoms with Gasteiger partial charge in [0.2, 0.25) is 0 Å².